The van der Waals surface area contributed by atoms with Crippen LogP contribution in [0.2, 0.25) is 0 Å². The van der Waals surface area contributed by atoms with Gasteiger partial charge in [-0.1, -0.05) is 0 Å². The van der Waals surface area contributed by atoms with E-state index >= 15 is 0 Å². The van der Waals surface area contributed by atoms with Gasteiger partial charge in [0.15, 0.2) is 5.43 Å². The van der Waals surface area contributed by atoms with E-state index in [1.54, 1.807) is 13.0 Å². The van der Waals surface area contributed by atoms with E-state index in [9.17, 15) is 31.5 Å². The van der Waals surface area contributed by atoms with E-state index in [1.165, 1.54) is 19.3 Å². The predicted octanol–water partition coefficient (Wildman–Crippen LogP) is 5.38. The summed E-state index contributed by atoms with van der Waals surface area (Å²) in [6.07, 6.45) is -2.80. The molecule has 2 aliphatic rings. The molecule has 2 aliphatic carbocycles. The van der Waals surface area contributed by atoms with Gasteiger partial charge in [0.25, 0.3) is 0 Å². The summed E-state index contributed by atoms with van der Waals surface area (Å²) in [5.74, 6) is -4.99. The van der Waals surface area contributed by atoms with Gasteiger partial charge >= 0.3 is 6.18 Å². The summed E-state index contributed by atoms with van der Waals surface area (Å²) in [6, 6.07) is 3.10. The molecule has 2 fully saturated rings. The van der Waals surface area contributed by atoms with E-state index in [-0.39, 0.29) is 49.4 Å². The molecular formula is C25H28F5N3O2. The summed E-state index contributed by atoms with van der Waals surface area (Å²) < 4.78 is 66.6. The maximum atomic E-state index is 13.5. The van der Waals surface area contributed by atoms with Crippen LogP contribution >= 0.6 is 0 Å². The van der Waals surface area contributed by atoms with Crippen molar-refractivity contribution in [2.45, 2.75) is 75.8 Å². The molecule has 0 aromatic carbocycles. The number of hydrogen-bond acceptors (Lipinski definition) is 3. The Balaban J connectivity index is 1.70. The molecule has 2 aromatic rings. The van der Waals surface area contributed by atoms with Crippen LogP contribution in [0.4, 0.5) is 22.0 Å². The third-order valence-corrected chi connectivity index (χ3v) is 7.35. The summed E-state index contributed by atoms with van der Waals surface area (Å²) in [6.45, 7) is 1.68. The van der Waals surface area contributed by atoms with Crippen molar-refractivity contribution in [3.8, 4) is 11.3 Å². The Labute approximate surface area is 199 Å². The third-order valence-electron chi connectivity index (χ3n) is 7.35. The van der Waals surface area contributed by atoms with Crippen LogP contribution in [0.3, 0.4) is 0 Å². The van der Waals surface area contributed by atoms with Crippen LogP contribution < -0.4 is 10.7 Å². The standard InChI is InChI=1S/C25H28F5N3O2/c1-13-17(8-23(35)31-2)22(34)9-21(33-13)19-12-32-20(15-10-24(26,27)11-15)7-18(19)14-3-5-16(6-4-14)25(28,29)30/h7,9,12,14-16H,3-6,8,10-11H2,1-2H3,(H,31,35)(H,33,34). The van der Waals surface area contributed by atoms with Gasteiger partial charge < -0.3 is 10.3 Å². The summed E-state index contributed by atoms with van der Waals surface area (Å²) >= 11 is 0. The molecule has 190 valence electrons. The van der Waals surface area contributed by atoms with Crippen molar-refractivity contribution in [2.75, 3.05) is 7.05 Å². The number of alkyl halides is 5. The van der Waals surface area contributed by atoms with Crippen LogP contribution in [0.15, 0.2) is 23.1 Å². The molecule has 0 saturated heterocycles. The number of carbonyl (C=O) groups excluding carboxylic acids is 1. The van der Waals surface area contributed by atoms with E-state index in [2.05, 4.69) is 15.3 Å². The molecule has 4 rings (SSSR count). The van der Waals surface area contributed by atoms with Gasteiger partial charge in [-0.15, -0.1) is 0 Å². The Hall–Kier alpha value is -2.78. The van der Waals surface area contributed by atoms with Crippen LogP contribution in [0, 0.1) is 12.8 Å². The summed E-state index contributed by atoms with van der Waals surface area (Å²) in [4.78, 5) is 32.1. The highest BCUT2D eigenvalue weighted by Crippen LogP contribution is 2.49. The van der Waals surface area contributed by atoms with Gasteiger partial charge in [-0.05, 0) is 50.2 Å². The monoisotopic (exact) mass is 497 g/mol. The predicted molar refractivity (Wildman–Crippen MR) is 120 cm³/mol. The maximum absolute atomic E-state index is 13.5. The van der Waals surface area contributed by atoms with Crippen LogP contribution in [0.1, 0.15) is 72.9 Å². The molecule has 0 unspecified atom stereocenters. The largest absolute Gasteiger partial charge is 0.391 e. The number of amides is 1. The number of hydrogen-bond donors (Lipinski definition) is 2. The Morgan fingerprint density at radius 3 is 2.34 bits per heavy atom. The van der Waals surface area contributed by atoms with E-state index in [4.69, 9.17) is 0 Å². The fourth-order valence-corrected chi connectivity index (χ4v) is 5.21. The van der Waals surface area contributed by atoms with Gasteiger partial charge in [0.05, 0.1) is 18.0 Å². The van der Waals surface area contributed by atoms with E-state index in [1.807, 2.05) is 0 Å². The zero-order valence-corrected chi connectivity index (χ0v) is 19.6. The lowest BCUT2D eigenvalue weighted by Gasteiger charge is -2.35. The first-order chi connectivity index (χ1) is 16.4. The van der Waals surface area contributed by atoms with Crippen molar-refractivity contribution in [1.82, 2.24) is 15.3 Å². The van der Waals surface area contributed by atoms with E-state index in [0.717, 1.165) is 5.56 Å². The molecule has 0 atom stereocenters. The fraction of sp³-hybridized carbons (Fsp3) is 0.560. The Kier molecular flexibility index (Phi) is 6.76. The molecule has 1 amide bonds. The van der Waals surface area contributed by atoms with Crippen molar-refractivity contribution in [1.29, 1.82) is 0 Å². The number of aromatic nitrogens is 2. The number of nitrogens with one attached hydrogen (secondary N) is 2. The molecule has 0 aliphatic heterocycles. The van der Waals surface area contributed by atoms with Crippen molar-refractivity contribution < 1.29 is 26.7 Å². The first kappa shape index (κ1) is 25.3. The van der Waals surface area contributed by atoms with Gasteiger partial charge in [0.2, 0.25) is 11.8 Å². The average molecular weight is 498 g/mol. The number of nitrogens with zero attached hydrogens (tertiary/aromatic N) is 1. The second-order valence-electron chi connectivity index (χ2n) is 9.75. The number of likely N-dealkylation sites (N-methyl/N-ethyl adjacent to an activating group) is 1. The van der Waals surface area contributed by atoms with Crippen LogP contribution in [-0.4, -0.2) is 35.0 Å². The molecule has 10 heteroatoms. The smallest absolute Gasteiger partial charge is 0.359 e. The molecule has 2 aromatic heterocycles. The molecule has 0 spiro atoms. The molecule has 2 heterocycles. The lowest BCUT2D eigenvalue weighted by Crippen LogP contribution is -2.34. The minimum atomic E-state index is -4.24. The Bertz CT molecular complexity index is 1160. The SMILES string of the molecule is CNC(=O)Cc1c(C)[nH]c(-c2cnc(C3CC(F)(F)C3)cc2C2CCC(C(F)(F)F)CC2)cc1=O. The molecule has 5 nitrogen and oxygen atoms in total. The topological polar surface area (TPSA) is 74.8 Å². The Morgan fingerprint density at radius 2 is 1.80 bits per heavy atom. The maximum Gasteiger partial charge on any atom is 0.391 e. The molecule has 0 bridgehead atoms. The van der Waals surface area contributed by atoms with Crippen molar-refractivity contribution in [3.05, 3.63) is 51.1 Å². The quantitative estimate of drug-likeness (QED) is 0.545. The van der Waals surface area contributed by atoms with Crippen LogP contribution in [-0.2, 0) is 11.2 Å². The van der Waals surface area contributed by atoms with Crippen LogP contribution in [0.5, 0.6) is 0 Å². The third kappa shape index (κ3) is 5.41. The van der Waals surface area contributed by atoms with Crippen molar-refractivity contribution >= 4 is 5.91 Å². The van der Waals surface area contributed by atoms with E-state index < -0.39 is 23.9 Å². The molecule has 0 radical (unpaired) electrons. The molecule has 35 heavy (non-hydrogen) atoms. The highest BCUT2D eigenvalue weighted by atomic mass is 19.4. The number of H-pyrrole nitrogens is 1. The lowest BCUT2D eigenvalue weighted by molar-refractivity contribution is -0.182. The van der Waals surface area contributed by atoms with Gasteiger partial charge in [0.1, 0.15) is 0 Å². The van der Waals surface area contributed by atoms with Gasteiger partial charge in [0, 0.05) is 60.6 Å². The number of rotatable bonds is 5. The number of aryl methyl sites for hydroxylation is 1. The van der Waals surface area contributed by atoms with Crippen LogP contribution in [0.25, 0.3) is 11.3 Å². The van der Waals surface area contributed by atoms with Crippen molar-refractivity contribution in [2.24, 2.45) is 5.92 Å². The number of pyridine rings is 2. The lowest BCUT2D eigenvalue weighted by atomic mass is 9.74. The zero-order chi connectivity index (χ0) is 25.5. The fourth-order valence-electron chi connectivity index (χ4n) is 5.21. The minimum Gasteiger partial charge on any atom is -0.359 e. The first-order valence-corrected chi connectivity index (χ1v) is 11.8. The number of aromatic amines is 1. The van der Waals surface area contributed by atoms with E-state index in [0.29, 0.717) is 41.1 Å². The molecular weight excluding hydrogens is 469 g/mol. The first-order valence-electron chi connectivity index (χ1n) is 11.8. The summed E-state index contributed by atoms with van der Waals surface area (Å²) in [7, 11) is 1.48. The second-order valence-corrected chi connectivity index (χ2v) is 9.75. The average Bonchev–Trinajstić information content (AvgIpc) is 2.78. The van der Waals surface area contributed by atoms with Gasteiger partial charge in [-0.25, -0.2) is 8.78 Å². The van der Waals surface area contributed by atoms with Gasteiger partial charge in [-0.3, -0.25) is 14.6 Å². The second kappa shape index (κ2) is 9.35. The van der Waals surface area contributed by atoms with Gasteiger partial charge in [-0.2, -0.15) is 13.2 Å². The Morgan fingerprint density at radius 1 is 1.14 bits per heavy atom. The molecule has 2 saturated carbocycles. The molecule has 2 N–H and O–H groups in total. The van der Waals surface area contributed by atoms with Crippen molar-refractivity contribution in [3.63, 3.8) is 0 Å². The highest BCUT2D eigenvalue weighted by molar-refractivity contribution is 5.78. The minimum absolute atomic E-state index is 0.00657. The summed E-state index contributed by atoms with van der Waals surface area (Å²) in [5.41, 5.74) is 2.73. The zero-order valence-electron chi connectivity index (χ0n) is 19.6. The summed E-state index contributed by atoms with van der Waals surface area (Å²) in [5, 5.41) is 2.48. The number of carbonyl (C=O) groups is 1. The highest BCUT2D eigenvalue weighted by Gasteiger charge is 2.47. The number of halogens is 5. The normalized spacial score (nSPS) is 22.5.